The highest BCUT2D eigenvalue weighted by Crippen LogP contribution is 2.12. The number of para-hydroxylation sites is 1. The average molecular weight is 454 g/mol. The number of sulfonamides is 1. The lowest BCUT2D eigenvalue weighted by atomic mass is 10.1. The van der Waals surface area contributed by atoms with Gasteiger partial charge in [-0.3, -0.25) is 20.4 Å². The second-order valence-corrected chi connectivity index (χ2v) is 8.53. The Bertz CT molecular complexity index is 1140. The van der Waals surface area contributed by atoms with E-state index in [1.807, 2.05) is 30.3 Å². The zero-order valence-electron chi connectivity index (χ0n) is 17.2. The van der Waals surface area contributed by atoms with Gasteiger partial charge in [-0.05, 0) is 42.0 Å². The molecule has 0 aliphatic heterocycles. The van der Waals surface area contributed by atoms with Crippen molar-refractivity contribution in [3.63, 3.8) is 0 Å². The molecule has 0 atom stereocenters. The van der Waals surface area contributed by atoms with E-state index in [1.54, 1.807) is 42.5 Å². The van der Waals surface area contributed by atoms with Crippen LogP contribution in [0, 0.1) is 0 Å². The summed E-state index contributed by atoms with van der Waals surface area (Å²) >= 11 is 0. The predicted molar refractivity (Wildman–Crippen MR) is 119 cm³/mol. The summed E-state index contributed by atoms with van der Waals surface area (Å²) in [7, 11) is -3.68. The van der Waals surface area contributed by atoms with E-state index in [0.29, 0.717) is 12.2 Å². The fraction of sp³-hybridized carbons (Fsp3) is 0.130. The van der Waals surface area contributed by atoms with Crippen molar-refractivity contribution in [3.8, 4) is 5.75 Å². The van der Waals surface area contributed by atoms with Crippen molar-refractivity contribution in [1.29, 1.82) is 0 Å². The maximum Gasteiger partial charge on any atom is 0.269 e. The zero-order chi connectivity index (χ0) is 22.8. The molecule has 0 aliphatic carbocycles. The molecule has 32 heavy (non-hydrogen) atoms. The smallest absolute Gasteiger partial charge is 0.269 e. The lowest BCUT2D eigenvalue weighted by molar-refractivity contribution is -0.121. The molecule has 0 bridgehead atoms. The number of amides is 2. The van der Waals surface area contributed by atoms with Gasteiger partial charge in [0.1, 0.15) is 12.4 Å². The fourth-order valence-electron chi connectivity index (χ4n) is 2.68. The molecule has 0 saturated heterocycles. The Hall–Kier alpha value is -3.69. The van der Waals surface area contributed by atoms with Crippen LogP contribution in [0.3, 0.4) is 0 Å². The highest BCUT2D eigenvalue weighted by atomic mass is 32.2. The molecule has 2 amide bonds. The van der Waals surface area contributed by atoms with Gasteiger partial charge in [0.25, 0.3) is 5.91 Å². The van der Waals surface area contributed by atoms with Crippen molar-refractivity contribution < 1.29 is 22.7 Å². The molecular formula is C23H23N3O5S. The van der Waals surface area contributed by atoms with Crippen LogP contribution in [0.25, 0.3) is 0 Å². The quantitative estimate of drug-likeness (QED) is 0.431. The van der Waals surface area contributed by atoms with Crippen molar-refractivity contribution in [1.82, 2.24) is 15.6 Å². The lowest BCUT2D eigenvalue weighted by Crippen LogP contribution is -2.42. The van der Waals surface area contributed by atoms with E-state index in [1.165, 1.54) is 12.1 Å². The number of benzene rings is 3. The fourth-order valence-corrected chi connectivity index (χ4v) is 3.73. The highest BCUT2D eigenvalue weighted by Gasteiger charge is 2.14. The number of hydrazine groups is 1. The third kappa shape index (κ3) is 6.93. The molecule has 0 saturated carbocycles. The summed E-state index contributed by atoms with van der Waals surface area (Å²) in [6.45, 7) is 0.260. The second kappa shape index (κ2) is 11.1. The molecule has 3 rings (SSSR count). The van der Waals surface area contributed by atoms with Crippen molar-refractivity contribution in [2.24, 2.45) is 0 Å². The third-order valence-corrected chi connectivity index (χ3v) is 5.85. The highest BCUT2D eigenvalue weighted by molar-refractivity contribution is 7.89. The minimum absolute atomic E-state index is 0.102. The Morgan fingerprint density at radius 2 is 1.41 bits per heavy atom. The number of hydrogen-bond acceptors (Lipinski definition) is 5. The minimum atomic E-state index is -3.68. The van der Waals surface area contributed by atoms with E-state index in [-0.39, 0.29) is 17.9 Å². The van der Waals surface area contributed by atoms with Crippen LogP contribution in [0.4, 0.5) is 0 Å². The van der Waals surface area contributed by atoms with Gasteiger partial charge in [0, 0.05) is 18.5 Å². The predicted octanol–water partition coefficient (Wildman–Crippen LogP) is 2.40. The average Bonchev–Trinajstić information content (AvgIpc) is 2.82. The first-order chi connectivity index (χ1) is 15.4. The molecule has 3 aromatic carbocycles. The van der Waals surface area contributed by atoms with Crippen LogP contribution in [0.5, 0.6) is 5.75 Å². The van der Waals surface area contributed by atoms with E-state index >= 15 is 0 Å². The monoisotopic (exact) mass is 453 g/mol. The molecule has 8 nitrogen and oxygen atoms in total. The van der Waals surface area contributed by atoms with Crippen molar-refractivity contribution in [2.75, 3.05) is 6.54 Å². The Kier molecular flexibility index (Phi) is 7.96. The van der Waals surface area contributed by atoms with Gasteiger partial charge in [-0.1, -0.05) is 48.5 Å². The molecule has 3 N–H and O–H groups in total. The van der Waals surface area contributed by atoms with Gasteiger partial charge in [-0.15, -0.1) is 0 Å². The number of rotatable bonds is 9. The van der Waals surface area contributed by atoms with Gasteiger partial charge in [-0.2, -0.15) is 0 Å². The van der Waals surface area contributed by atoms with Crippen LogP contribution >= 0.6 is 0 Å². The van der Waals surface area contributed by atoms with Crippen molar-refractivity contribution in [2.45, 2.75) is 17.9 Å². The summed E-state index contributed by atoms with van der Waals surface area (Å²) in [5, 5.41) is 0. The standard InChI is InChI=1S/C23H23N3O5S/c27-22(15-16-24-32(29,30)21-9-5-2-6-10-21)25-26-23(28)19-13-11-18(12-14-19)17-31-20-7-3-1-4-8-20/h1-14,24H,15-17H2,(H,25,27)(H,26,28). The molecule has 0 spiro atoms. The molecule has 0 aliphatic rings. The van der Waals surface area contributed by atoms with Crippen molar-refractivity contribution in [3.05, 3.63) is 96.1 Å². The first-order valence-corrected chi connectivity index (χ1v) is 11.3. The van der Waals surface area contributed by atoms with Gasteiger partial charge in [0.2, 0.25) is 15.9 Å². The Morgan fingerprint density at radius 1 is 0.781 bits per heavy atom. The molecular weight excluding hydrogens is 430 g/mol. The maximum atomic E-state index is 12.2. The van der Waals surface area contributed by atoms with E-state index < -0.39 is 21.8 Å². The Balaban J connectivity index is 1.39. The number of carbonyl (C=O) groups is 2. The first kappa shape index (κ1) is 23.0. The van der Waals surface area contributed by atoms with Crippen LogP contribution < -0.4 is 20.3 Å². The summed E-state index contributed by atoms with van der Waals surface area (Å²) in [5.41, 5.74) is 5.83. The van der Waals surface area contributed by atoms with Crippen LogP contribution in [0.1, 0.15) is 22.3 Å². The SMILES string of the molecule is O=C(CCNS(=O)(=O)c1ccccc1)NNC(=O)c1ccc(COc2ccccc2)cc1. The summed E-state index contributed by atoms with van der Waals surface area (Å²) in [4.78, 5) is 24.2. The second-order valence-electron chi connectivity index (χ2n) is 6.76. The minimum Gasteiger partial charge on any atom is -0.489 e. The van der Waals surface area contributed by atoms with Crippen LogP contribution in [0.15, 0.2) is 89.8 Å². The van der Waals surface area contributed by atoms with Crippen LogP contribution in [-0.4, -0.2) is 26.8 Å². The summed E-state index contributed by atoms with van der Waals surface area (Å²) < 4.78 is 32.2. The summed E-state index contributed by atoms with van der Waals surface area (Å²) in [6.07, 6.45) is -0.137. The molecule has 9 heteroatoms. The van der Waals surface area contributed by atoms with Gasteiger partial charge in [0.15, 0.2) is 0 Å². The molecule has 0 radical (unpaired) electrons. The Labute approximate surface area is 186 Å². The number of ether oxygens (including phenoxy) is 1. The molecule has 3 aromatic rings. The van der Waals surface area contributed by atoms with Gasteiger partial charge >= 0.3 is 0 Å². The van der Waals surface area contributed by atoms with Gasteiger partial charge < -0.3 is 4.74 Å². The normalized spacial score (nSPS) is 10.9. The van der Waals surface area contributed by atoms with Gasteiger partial charge in [0.05, 0.1) is 4.90 Å². The number of hydrogen-bond donors (Lipinski definition) is 3. The molecule has 166 valence electrons. The van der Waals surface area contributed by atoms with Crippen LogP contribution in [0.2, 0.25) is 0 Å². The van der Waals surface area contributed by atoms with E-state index in [0.717, 1.165) is 11.3 Å². The van der Waals surface area contributed by atoms with E-state index in [2.05, 4.69) is 15.6 Å². The van der Waals surface area contributed by atoms with Crippen molar-refractivity contribution >= 4 is 21.8 Å². The van der Waals surface area contributed by atoms with Crippen LogP contribution in [-0.2, 0) is 21.4 Å². The third-order valence-electron chi connectivity index (χ3n) is 4.38. The van der Waals surface area contributed by atoms with E-state index in [9.17, 15) is 18.0 Å². The van der Waals surface area contributed by atoms with E-state index in [4.69, 9.17) is 4.74 Å². The summed E-state index contributed by atoms with van der Waals surface area (Å²) in [5.74, 6) is -0.260. The first-order valence-electron chi connectivity index (χ1n) is 9.85. The topological polar surface area (TPSA) is 114 Å². The molecule has 0 aromatic heterocycles. The molecule has 0 unspecified atom stereocenters. The number of carbonyl (C=O) groups excluding carboxylic acids is 2. The maximum absolute atomic E-state index is 12.2. The lowest BCUT2D eigenvalue weighted by Gasteiger charge is -2.09. The van der Waals surface area contributed by atoms with Gasteiger partial charge in [-0.25, -0.2) is 13.1 Å². The zero-order valence-corrected chi connectivity index (χ0v) is 18.0. The largest absolute Gasteiger partial charge is 0.489 e. The number of nitrogens with one attached hydrogen (secondary N) is 3. The molecule has 0 heterocycles. The Morgan fingerprint density at radius 3 is 2.06 bits per heavy atom. The molecule has 0 fully saturated rings. The summed E-state index contributed by atoms with van der Waals surface area (Å²) in [6, 6.07) is 24.0.